The third-order valence-corrected chi connectivity index (χ3v) is 10.8. The number of esters is 2. The highest BCUT2D eigenvalue weighted by Crippen LogP contribution is 2.24. The minimum absolute atomic E-state index is 0.428. The molecule has 0 spiro atoms. The summed E-state index contributed by atoms with van der Waals surface area (Å²) in [5, 5.41) is 30.8. The standard InChI is InChI=1S/C45H78O12S/c1-3-5-7-9-11-13-15-17-19-21-23-25-27-29-31-33-40(46)54-35-38(36-55-45-44(50)43(49)42(48)39(57-45)37-58(51,52)53)56-41(47)34-32-30-28-26-24-22-20-18-16-14-12-10-8-6-4-2/h27-34,38-39,42-45,48-50H,3-26,35-37H2,1-2H3,(H,51,52,53)/b29-27+,30-28+,33-31+,34-32+/t38-,39-,42-,43?,44?,45+/m1/s1. The van der Waals surface area contributed by atoms with Gasteiger partial charge in [0.15, 0.2) is 12.4 Å². The number of carbonyl (C=O) groups excluding carboxylic acids is 2. The molecule has 1 fully saturated rings. The molecule has 1 rings (SSSR count). The highest BCUT2D eigenvalue weighted by Gasteiger charge is 2.46. The summed E-state index contributed by atoms with van der Waals surface area (Å²) >= 11 is 0. The highest BCUT2D eigenvalue weighted by molar-refractivity contribution is 7.85. The fourth-order valence-corrected chi connectivity index (χ4v) is 7.31. The molecule has 0 aromatic rings. The van der Waals surface area contributed by atoms with Gasteiger partial charge < -0.3 is 34.3 Å². The maximum atomic E-state index is 12.7. The lowest BCUT2D eigenvalue weighted by atomic mass is 10.00. The number of hydrogen-bond donors (Lipinski definition) is 4. The molecule has 1 saturated heterocycles. The molecule has 1 aliphatic rings. The Morgan fingerprint density at radius 3 is 1.47 bits per heavy atom. The molecule has 0 aromatic carbocycles. The average Bonchev–Trinajstić information content (AvgIpc) is 3.18. The van der Waals surface area contributed by atoms with Gasteiger partial charge in [0, 0.05) is 12.2 Å². The predicted octanol–water partition coefficient (Wildman–Crippen LogP) is 8.78. The third-order valence-electron chi connectivity index (χ3n) is 10.1. The zero-order chi connectivity index (χ0) is 42.7. The molecule has 58 heavy (non-hydrogen) atoms. The van der Waals surface area contributed by atoms with Crippen LogP contribution in [0.4, 0.5) is 0 Å². The summed E-state index contributed by atoms with van der Waals surface area (Å²) < 4.78 is 53.6. The van der Waals surface area contributed by atoms with Crippen LogP contribution < -0.4 is 0 Å². The van der Waals surface area contributed by atoms with Crippen LogP contribution in [0.2, 0.25) is 0 Å². The number of carbonyl (C=O) groups is 2. The Labute approximate surface area is 350 Å². The molecule has 0 aliphatic carbocycles. The van der Waals surface area contributed by atoms with Gasteiger partial charge in [-0.3, -0.25) is 4.55 Å². The van der Waals surface area contributed by atoms with Gasteiger partial charge in [-0.25, -0.2) is 9.59 Å². The first-order valence-corrected chi connectivity index (χ1v) is 23.9. The van der Waals surface area contributed by atoms with E-state index in [1.54, 1.807) is 24.3 Å². The van der Waals surface area contributed by atoms with Gasteiger partial charge in [-0.05, 0) is 25.7 Å². The van der Waals surface area contributed by atoms with Gasteiger partial charge in [-0.15, -0.1) is 0 Å². The summed E-state index contributed by atoms with van der Waals surface area (Å²) in [6, 6.07) is 0. The van der Waals surface area contributed by atoms with Crippen molar-refractivity contribution >= 4 is 22.1 Å². The molecule has 0 radical (unpaired) electrons. The van der Waals surface area contributed by atoms with Crippen LogP contribution in [0.5, 0.6) is 0 Å². The van der Waals surface area contributed by atoms with E-state index in [0.29, 0.717) is 0 Å². The first-order chi connectivity index (χ1) is 28.0. The van der Waals surface area contributed by atoms with Gasteiger partial charge in [-0.1, -0.05) is 179 Å². The lowest BCUT2D eigenvalue weighted by Crippen LogP contribution is -2.60. The third kappa shape index (κ3) is 29.8. The van der Waals surface area contributed by atoms with Gasteiger partial charge in [0.1, 0.15) is 36.8 Å². The molecular formula is C45H78O12S. The van der Waals surface area contributed by atoms with Crippen molar-refractivity contribution in [2.75, 3.05) is 19.0 Å². The summed E-state index contributed by atoms with van der Waals surface area (Å²) in [5.74, 6) is -2.51. The summed E-state index contributed by atoms with van der Waals surface area (Å²) in [4.78, 5) is 25.1. The van der Waals surface area contributed by atoms with Gasteiger partial charge in [0.05, 0.1) is 6.61 Å². The fraction of sp³-hybridized carbons (Fsp3) is 0.778. The molecule has 13 heteroatoms. The zero-order valence-electron chi connectivity index (χ0n) is 35.6. The van der Waals surface area contributed by atoms with E-state index in [-0.39, 0.29) is 0 Å². The Hall–Kier alpha value is -2.39. The molecule has 2 unspecified atom stereocenters. The van der Waals surface area contributed by atoms with Crippen LogP contribution in [0.25, 0.3) is 0 Å². The van der Waals surface area contributed by atoms with E-state index < -0.39 is 77.8 Å². The molecular weight excluding hydrogens is 765 g/mol. The molecule has 336 valence electrons. The van der Waals surface area contributed by atoms with Crippen molar-refractivity contribution in [2.45, 2.75) is 205 Å². The predicted molar refractivity (Wildman–Crippen MR) is 229 cm³/mol. The van der Waals surface area contributed by atoms with Crippen molar-refractivity contribution in [3.05, 3.63) is 48.6 Å². The second-order valence-corrected chi connectivity index (χ2v) is 17.0. The number of aliphatic hydroxyl groups is 3. The summed E-state index contributed by atoms with van der Waals surface area (Å²) in [6.45, 7) is 3.55. The van der Waals surface area contributed by atoms with Crippen molar-refractivity contribution in [3.8, 4) is 0 Å². The second kappa shape index (κ2) is 35.4. The van der Waals surface area contributed by atoms with E-state index in [0.717, 1.165) is 32.1 Å². The molecule has 1 aliphatic heterocycles. The van der Waals surface area contributed by atoms with Crippen molar-refractivity contribution < 1.29 is 56.8 Å². The number of rotatable bonds is 36. The average molecular weight is 843 g/mol. The van der Waals surface area contributed by atoms with Crippen LogP contribution >= 0.6 is 0 Å². The first kappa shape index (κ1) is 53.6. The maximum absolute atomic E-state index is 12.7. The monoisotopic (exact) mass is 843 g/mol. The Morgan fingerprint density at radius 1 is 0.586 bits per heavy atom. The van der Waals surface area contributed by atoms with E-state index in [2.05, 4.69) is 13.8 Å². The normalized spacial score (nSPS) is 20.8. The fourth-order valence-electron chi connectivity index (χ4n) is 6.62. The zero-order valence-corrected chi connectivity index (χ0v) is 36.5. The van der Waals surface area contributed by atoms with Crippen molar-refractivity contribution in [2.24, 2.45) is 0 Å². The highest BCUT2D eigenvalue weighted by atomic mass is 32.2. The van der Waals surface area contributed by atoms with Crippen molar-refractivity contribution in [1.82, 2.24) is 0 Å². The Kier molecular flexibility index (Phi) is 32.7. The van der Waals surface area contributed by atoms with Gasteiger partial charge >= 0.3 is 11.9 Å². The summed E-state index contributed by atoms with van der Waals surface area (Å²) in [6.07, 6.45) is 32.8. The lowest BCUT2D eigenvalue weighted by molar-refractivity contribution is -0.297. The SMILES string of the molecule is CCCCCCCCCCCCC/C=C/C=C/C(=O)OC[C@H](CO[C@H]1O[C@H](CS(=O)(=O)O)[C@@H](O)C(O)C1O)OC(=O)/C=C/C=C/CCCCCCCCCCCCC. The van der Waals surface area contributed by atoms with Crippen LogP contribution in [0.15, 0.2) is 48.6 Å². The van der Waals surface area contributed by atoms with E-state index in [4.69, 9.17) is 18.9 Å². The Balaban J connectivity index is 2.57. The number of hydrogen-bond acceptors (Lipinski definition) is 11. The number of ether oxygens (including phenoxy) is 4. The molecule has 4 N–H and O–H groups in total. The van der Waals surface area contributed by atoms with Crippen LogP contribution in [0.1, 0.15) is 168 Å². The lowest BCUT2D eigenvalue weighted by Gasteiger charge is -2.40. The van der Waals surface area contributed by atoms with E-state index in [9.17, 15) is 37.9 Å². The van der Waals surface area contributed by atoms with Gasteiger partial charge in [-0.2, -0.15) is 8.42 Å². The molecule has 0 aromatic heterocycles. The molecule has 0 amide bonds. The Bertz CT molecular complexity index is 1260. The van der Waals surface area contributed by atoms with Crippen LogP contribution in [0, 0.1) is 0 Å². The topological polar surface area (TPSA) is 186 Å². The quantitative estimate of drug-likeness (QED) is 0.0155. The number of unbranched alkanes of at least 4 members (excludes halogenated alkanes) is 22. The van der Waals surface area contributed by atoms with Crippen molar-refractivity contribution in [3.63, 3.8) is 0 Å². The minimum Gasteiger partial charge on any atom is -0.458 e. The van der Waals surface area contributed by atoms with Crippen molar-refractivity contribution in [1.29, 1.82) is 0 Å². The van der Waals surface area contributed by atoms with E-state index >= 15 is 0 Å². The summed E-state index contributed by atoms with van der Waals surface area (Å²) in [7, 11) is -4.62. The maximum Gasteiger partial charge on any atom is 0.331 e. The minimum atomic E-state index is -4.62. The molecule has 6 atom stereocenters. The van der Waals surface area contributed by atoms with Gasteiger partial charge in [0.2, 0.25) is 0 Å². The largest absolute Gasteiger partial charge is 0.458 e. The molecule has 0 bridgehead atoms. The molecule has 12 nitrogen and oxygen atoms in total. The second-order valence-electron chi connectivity index (χ2n) is 15.5. The number of aliphatic hydroxyl groups excluding tert-OH is 3. The van der Waals surface area contributed by atoms with E-state index in [1.165, 1.54) is 134 Å². The van der Waals surface area contributed by atoms with Gasteiger partial charge in [0.25, 0.3) is 10.1 Å². The summed E-state index contributed by atoms with van der Waals surface area (Å²) in [5.41, 5.74) is 0. The van der Waals surface area contributed by atoms with E-state index in [1.807, 2.05) is 12.2 Å². The van der Waals surface area contributed by atoms with Crippen LogP contribution in [-0.2, 0) is 38.7 Å². The molecule has 0 saturated carbocycles. The smallest absolute Gasteiger partial charge is 0.331 e. The van der Waals surface area contributed by atoms with Crippen LogP contribution in [-0.4, -0.2) is 96.0 Å². The number of allylic oxidation sites excluding steroid dienone is 6. The van der Waals surface area contributed by atoms with Crippen LogP contribution in [0.3, 0.4) is 0 Å². The molecule has 1 heterocycles. The Morgan fingerprint density at radius 2 is 1.02 bits per heavy atom. The first-order valence-electron chi connectivity index (χ1n) is 22.3.